The molecule has 1 aliphatic rings. The molecule has 1 N–H and O–H groups in total. The minimum atomic E-state index is -0.702. The number of hydrogen-bond acceptors (Lipinski definition) is 3. The molecule has 82 valence electrons. The van der Waals surface area contributed by atoms with E-state index in [1.165, 1.54) is 0 Å². The first-order chi connectivity index (χ1) is 6.61. The van der Waals surface area contributed by atoms with E-state index < -0.39 is 5.97 Å². The van der Waals surface area contributed by atoms with Crippen LogP contribution in [0, 0.1) is 0 Å². The summed E-state index contributed by atoms with van der Waals surface area (Å²) in [6.45, 7) is 6.21. The maximum absolute atomic E-state index is 10.8. The molecule has 0 bridgehead atoms. The lowest BCUT2D eigenvalue weighted by atomic mass is 10.2. The van der Waals surface area contributed by atoms with Gasteiger partial charge in [-0.25, -0.2) is 0 Å². The first-order valence-corrected chi connectivity index (χ1v) is 5.19. The van der Waals surface area contributed by atoms with E-state index in [1.54, 1.807) is 0 Å². The molecule has 1 heterocycles. The minimum Gasteiger partial charge on any atom is -0.480 e. The predicted molar refractivity (Wildman–Crippen MR) is 53.3 cm³/mol. The number of hydrogen-bond donors (Lipinski definition) is 1. The van der Waals surface area contributed by atoms with Crippen molar-refractivity contribution in [3.63, 3.8) is 0 Å². The number of likely N-dealkylation sites (tertiary alicyclic amines) is 1. The van der Waals surface area contributed by atoms with E-state index in [1.807, 2.05) is 18.7 Å². The highest BCUT2D eigenvalue weighted by atomic mass is 16.5. The van der Waals surface area contributed by atoms with Gasteiger partial charge in [0, 0.05) is 6.54 Å². The summed E-state index contributed by atoms with van der Waals surface area (Å²) in [6.07, 6.45) is 1.98. The monoisotopic (exact) mass is 201 g/mol. The molecule has 0 spiro atoms. The Balaban J connectivity index is 2.26. The van der Waals surface area contributed by atoms with E-state index >= 15 is 0 Å². The molecule has 0 aromatic heterocycles. The number of carboxylic acid groups (broad SMARTS) is 1. The van der Waals surface area contributed by atoms with Crippen molar-refractivity contribution in [3.8, 4) is 0 Å². The topological polar surface area (TPSA) is 49.8 Å². The fraction of sp³-hybridized carbons (Fsp3) is 0.900. The van der Waals surface area contributed by atoms with E-state index in [0.29, 0.717) is 6.61 Å². The van der Waals surface area contributed by atoms with Crippen molar-refractivity contribution in [3.05, 3.63) is 0 Å². The van der Waals surface area contributed by atoms with Crippen LogP contribution in [-0.4, -0.2) is 47.8 Å². The summed E-state index contributed by atoms with van der Waals surface area (Å²) >= 11 is 0. The number of rotatable bonds is 5. The summed E-state index contributed by atoms with van der Waals surface area (Å²) in [5, 5.41) is 8.91. The Bertz CT molecular complexity index is 194. The standard InChI is InChI=1S/C10H19NO3/c1-8(2)14-7-6-11-5-3-4-9(11)10(12)13/h8-9H,3-7H2,1-2H3,(H,12,13). The Hall–Kier alpha value is -0.610. The molecular formula is C10H19NO3. The fourth-order valence-electron chi connectivity index (χ4n) is 1.78. The highest BCUT2D eigenvalue weighted by Crippen LogP contribution is 2.16. The molecule has 1 saturated heterocycles. The molecule has 1 unspecified atom stereocenters. The molecule has 4 nitrogen and oxygen atoms in total. The number of carbonyl (C=O) groups is 1. The van der Waals surface area contributed by atoms with E-state index in [2.05, 4.69) is 0 Å². The molecule has 1 aliphatic heterocycles. The number of carboxylic acids is 1. The molecule has 0 radical (unpaired) electrons. The van der Waals surface area contributed by atoms with Crippen LogP contribution >= 0.6 is 0 Å². The van der Waals surface area contributed by atoms with Gasteiger partial charge in [0.05, 0.1) is 12.7 Å². The molecule has 4 heteroatoms. The van der Waals surface area contributed by atoms with E-state index in [4.69, 9.17) is 9.84 Å². The summed E-state index contributed by atoms with van der Waals surface area (Å²) in [6, 6.07) is -0.286. The van der Waals surface area contributed by atoms with Crippen LogP contribution < -0.4 is 0 Å². The zero-order valence-corrected chi connectivity index (χ0v) is 8.90. The molecule has 0 aliphatic carbocycles. The quantitative estimate of drug-likeness (QED) is 0.719. The molecule has 14 heavy (non-hydrogen) atoms. The van der Waals surface area contributed by atoms with Crippen molar-refractivity contribution in [1.82, 2.24) is 4.90 Å². The third-order valence-corrected chi connectivity index (χ3v) is 2.48. The molecule has 1 atom stereocenters. The molecule has 0 amide bonds. The van der Waals surface area contributed by atoms with Gasteiger partial charge in [0.15, 0.2) is 0 Å². The van der Waals surface area contributed by atoms with Gasteiger partial charge in [-0.2, -0.15) is 0 Å². The van der Waals surface area contributed by atoms with Gasteiger partial charge in [0.1, 0.15) is 6.04 Å². The SMILES string of the molecule is CC(C)OCCN1CCCC1C(=O)O. The van der Waals surface area contributed by atoms with Crippen LogP contribution in [0.25, 0.3) is 0 Å². The van der Waals surface area contributed by atoms with Crippen LogP contribution in [0.5, 0.6) is 0 Å². The number of nitrogens with zero attached hydrogens (tertiary/aromatic N) is 1. The Kier molecular flexibility index (Phi) is 4.35. The van der Waals surface area contributed by atoms with Gasteiger partial charge < -0.3 is 9.84 Å². The summed E-state index contributed by atoms with van der Waals surface area (Å²) < 4.78 is 5.40. The van der Waals surface area contributed by atoms with Gasteiger partial charge in [-0.05, 0) is 33.2 Å². The smallest absolute Gasteiger partial charge is 0.320 e. The number of ether oxygens (including phenoxy) is 1. The summed E-state index contributed by atoms with van der Waals surface area (Å²) in [5.41, 5.74) is 0. The van der Waals surface area contributed by atoms with E-state index in [0.717, 1.165) is 25.9 Å². The number of aliphatic carboxylic acids is 1. The van der Waals surface area contributed by atoms with Crippen molar-refractivity contribution < 1.29 is 14.6 Å². The lowest BCUT2D eigenvalue weighted by molar-refractivity contribution is -0.142. The van der Waals surface area contributed by atoms with Crippen LogP contribution in [-0.2, 0) is 9.53 Å². The van der Waals surface area contributed by atoms with Crippen molar-refractivity contribution >= 4 is 5.97 Å². The third kappa shape index (κ3) is 3.27. The highest BCUT2D eigenvalue weighted by Gasteiger charge is 2.29. The fourth-order valence-corrected chi connectivity index (χ4v) is 1.78. The van der Waals surface area contributed by atoms with Gasteiger partial charge >= 0.3 is 5.97 Å². The molecular weight excluding hydrogens is 182 g/mol. The Morgan fingerprint density at radius 3 is 2.93 bits per heavy atom. The average Bonchev–Trinajstić information content (AvgIpc) is 2.51. The van der Waals surface area contributed by atoms with Crippen molar-refractivity contribution in [2.45, 2.75) is 38.8 Å². The molecule has 0 aromatic rings. The van der Waals surface area contributed by atoms with E-state index in [9.17, 15) is 4.79 Å². The van der Waals surface area contributed by atoms with Crippen molar-refractivity contribution in [2.24, 2.45) is 0 Å². The van der Waals surface area contributed by atoms with Crippen LogP contribution in [0.2, 0.25) is 0 Å². The Morgan fingerprint density at radius 1 is 1.64 bits per heavy atom. The summed E-state index contributed by atoms with van der Waals surface area (Å²) in [4.78, 5) is 12.8. The van der Waals surface area contributed by atoms with E-state index in [-0.39, 0.29) is 12.1 Å². The van der Waals surface area contributed by atoms with Crippen molar-refractivity contribution in [2.75, 3.05) is 19.7 Å². The summed E-state index contributed by atoms with van der Waals surface area (Å²) in [7, 11) is 0. The molecule has 1 fully saturated rings. The van der Waals surface area contributed by atoms with Crippen LogP contribution in [0.15, 0.2) is 0 Å². The second-order valence-electron chi connectivity index (χ2n) is 3.95. The summed E-state index contributed by atoms with van der Waals surface area (Å²) in [5.74, 6) is -0.702. The Labute approximate surface area is 84.8 Å². The lowest BCUT2D eigenvalue weighted by Gasteiger charge is -2.21. The maximum Gasteiger partial charge on any atom is 0.320 e. The first-order valence-electron chi connectivity index (χ1n) is 5.19. The zero-order valence-electron chi connectivity index (χ0n) is 8.90. The van der Waals surface area contributed by atoms with Gasteiger partial charge in [-0.3, -0.25) is 9.69 Å². The van der Waals surface area contributed by atoms with Crippen LogP contribution in [0.1, 0.15) is 26.7 Å². The van der Waals surface area contributed by atoms with Gasteiger partial charge in [0.2, 0.25) is 0 Å². The first kappa shape index (κ1) is 11.5. The lowest BCUT2D eigenvalue weighted by Crippen LogP contribution is -2.38. The highest BCUT2D eigenvalue weighted by molar-refractivity contribution is 5.73. The molecule has 0 aromatic carbocycles. The molecule has 1 rings (SSSR count). The zero-order chi connectivity index (χ0) is 10.6. The minimum absolute atomic E-state index is 0.223. The van der Waals surface area contributed by atoms with Crippen LogP contribution in [0.3, 0.4) is 0 Å². The van der Waals surface area contributed by atoms with Gasteiger partial charge in [0.25, 0.3) is 0 Å². The molecule has 0 saturated carbocycles. The normalized spacial score (nSPS) is 23.2. The third-order valence-electron chi connectivity index (χ3n) is 2.48. The van der Waals surface area contributed by atoms with Gasteiger partial charge in [-0.1, -0.05) is 0 Å². The largest absolute Gasteiger partial charge is 0.480 e. The Morgan fingerprint density at radius 2 is 2.36 bits per heavy atom. The van der Waals surface area contributed by atoms with Crippen molar-refractivity contribution in [1.29, 1.82) is 0 Å². The van der Waals surface area contributed by atoms with Gasteiger partial charge in [-0.15, -0.1) is 0 Å². The second kappa shape index (κ2) is 5.32. The average molecular weight is 201 g/mol. The van der Waals surface area contributed by atoms with Crippen LogP contribution in [0.4, 0.5) is 0 Å². The predicted octanol–water partition coefficient (Wildman–Crippen LogP) is 0.960. The second-order valence-corrected chi connectivity index (χ2v) is 3.95. The maximum atomic E-state index is 10.8.